The van der Waals surface area contributed by atoms with Crippen LogP contribution >= 0.6 is 11.6 Å². The largest absolute Gasteiger partial charge is 0.310 e. The zero-order valence-electron chi connectivity index (χ0n) is 11.5. The molecule has 0 amide bonds. The Hall–Kier alpha value is -0.530. The fourth-order valence-corrected chi connectivity index (χ4v) is 3.12. The molecule has 1 aromatic carbocycles. The highest BCUT2D eigenvalue weighted by Gasteiger charge is 2.23. The van der Waals surface area contributed by atoms with Gasteiger partial charge in [-0.1, -0.05) is 56.5 Å². The fraction of sp³-hybridized carbons (Fsp3) is 0.625. The summed E-state index contributed by atoms with van der Waals surface area (Å²) in [6.07, 6.45) is 5.40. The molecule has 100 valence electrons. The maximum absolute atomic E-state index is 6.18. The molecule has 0 spiro atoms. The van der Waals surface area contributed by atoms with E-state index in [0.717, 1.165) is 23.4 Å². The number of hydrogen-bond acceptors (Lipinski definition) is 1. The molecule has 1 saturated carbocycles. The van der Waals surface area contributed by atoms with Crippen molar-refractivity contribution in [3.05, 3.63) is 34.9 Å². The van der Waals surface area contributed by atoms with E-state index in [0.29, 0.717) is 6.04 Å². The molecule has 1 aromatic rings. The third kappa shape index (κ3) is 3.73. The Balaban J connectivity index is 1.85. The second-order valence-electron chi connectivity index (χ2n) is 5.84. The van der Waals surface area contributed by atoms with Crippen molar-refractivity contribution in [3.8, 4) is 0 Å². The highest BCUT2D eigenvalue weighted by atomic mass is 35.5. The molecule has 2 atom stereocenters. The highest BCUT2D eigenvalue weighted by Crippen LogP contribution is 2.30. The van der Waals surface area contributed by atoms with Gasteiger partial charge in [-0.2, -0.15) is 0 Å². The molecule has 1 N–H and O–H groups in total. The van der Waals surface area contributed by atoms with Gasteiger partial charge in [0, 0.05) is 17.6 Å². The Labute approximate surface area is 116 Å². The molecule has 2 rings (SSSR count). The molecule has 1 nitrogen and oxygen atoms in total. The van der Waals surface area contributed by atoms with Crippen molar-refractivity contribution in [2.75, 3.05) is 0 Å². The molecule has 2 unspecified atom stereocenters. The molecule has 2 heteroatoms. The van der Waals surface area contributed by atoms with E-state index in [1.807, 2.05) is 12.1 Å². The minimum Gasteiger partial charge on any atom is -0.310 e. The highest BCUT2D eigenvalue weighted by molar-refractivity contribution is 6.31. The van der Waals surface area contributed by atoms with Crippen LogP contribution in [-0.2, 0) is 6.54 Å². The zero-order valence-corrected chi connectivity index (χ0v) is 12.2. The quantitative estimate of drug-likeness (QED) is 0.836. The third-order valence-electron chi connectivity index (χ3n) is 4.20. The lowest BCUT2D eigenvalue weighted by Crippen LogP contribution is -2.35. The van der Waals surface area contributed by atoms with Crippen molar-refractivity contribution in [2.45, 2.75) is 52.1 Å². The Morgan fingerprint density at radius 2 is 2.06 bits per heavy atom. The Morgan fingerprint density at radius 3 is 2.78 bits per heavy atom. The number of halogens is 1. The zero-order chi connectivity index (χ0) is 13.0. The Morgan fingerprint density at radius 1 is 1.28 bits per heavy atom. The normalized spacial score (nSPS) is 24.4. The summed E-state index contributed by atoms with van der Waals surface area (Å²) >= 11 is 6.18. The molecule has 1 aliphatic rings. The molecular formula is C16H24ClN. The number of hydrogen-bond donors (Lipinski definition) is 1. The number of rotatable bonds is 4. The molecule has 0 bridgehead atoms. The van der Waals surface area contributed by atoms with Crippen LogP contribution in [0.25, 0.3) is 0 Å². The first kappa shape index (κ1) is 13.9. The molecule has 0 aromatic heterocycles. The lowest BCUT2D eigenvalue weighted by atomic mass is 9.79. The second kappa shape index (κ2) is 6.58. The molecule has 0 saturated heterocycles. The smallest absolute Gasteiger partial charge is 0.0450 e. The van der Waals surface area contributed by atoms with Crippen LogP contribution in [0.15, 0.2) is 24.3 Å². The summed E-state index contributed by atoms with van der Waals surface area (Å²) in [5.74, 6) is 1.71. The van der Waals surface area contributed by atoms with Crippen LogP contribution in [0.3, 0.4) is 0 Å². The summed E-state index contributed by atoms with van der Waals surface area (Å²) in [6, 6.07) is 8.79. The van der Waals surface area contributed by atoms with E-state index in [2.05, 4.69) is 31.3 Å². The number of benzene rings is 1. The average molecular weight is 266 g/mol. The Bertz CT molecular complexity index is 375. The first-order valence-electron chi connectivity index (χ1n) is 7.13. The summed E-state index contributed by atoms with van der Waals surface area (Å²) in [5, 5.41) is 4.56. The Kier molecular flexibility index (Phi) is 5.08. The predicted octanol–water partition coefficient (Wildman–Crippen LogP) is 4.64. The predicted molar refractivity (Wildman–Crippen MR) is 78.9 cm³/mol. The van der Waals surface area contributed by atoms with Gasteiger partial charge in [-0.05, 0) is 36.3 Å². The van der Waals surface area contributed by atoms with Gasteiger partial charge in [-0.25, -0.2) is 0 Å². The summed E-state index contributed by atoms with van der Waals surface area (Å²) < 4.78 is 0. The van der Waals surface area contributed by atoms with E-state index < -0.39 is 0 Å². The minimum absolute atomic E-state index is 0.669. The molecule has 0 heterocycles. The lowest BCUT2D eigenvalue weighted by Gasteiger charge is -2.32. The summed E-state index contributed by atoms with van der Waals surface area (Å²) in [5.41, 5.74) is 1.21. The van der Waals surface area contributed by atoms with Crippen LogP contribution in [0.4, 0.5) is 0 Å². The van der Waals surface area contributed by atoms with E-state index in [4.69, 9.17) is 11.6 Å². The monoisotopic (exact) mass is 265 g/mol. The molecule has 1 aliphatic carbocycles. The molecule has 0 radical (unpaired) electrons. The van der Waals surface area contributed by atoms with E-state index >= 15 is 0 Å². The molecular weight excluding hydrogens is 242 g/mol. The van der Waals surface area contributed by atoms with Crippen molar-refractivity contribution < 1.29 is 0 Å². The van der Waals surface area contributed by atoms with Crippen LogP contribution in [0.1, 0.15) is 45.1 Å². The second-order valence-corrected chi connectivity index (χ2v) is 6.25. The minimum atomic E-state index is 0.669. The van der Waals surface area contributed by atoms with Gasteiger partial charge in [0.25, 0.3) is 0 Å². The maximum Gasteiger partial charge on any atom is 0.0450 e. The standard InChI is InChI=1S/C16H24ClN/c1-12(2)13-7-5-8-15(10-13)18-11-14-6-3-4-9-16(14)17/h3-4,6,9,12-13,15,18H,5,7-8,10-11H2,1-2H3. The van der Waals surface area contributed by atoms with Crippen LogP contribution in [-0.4, -0.2) is 6.04 Å². The van der Waals surface area contributed by atoms with E-state index in [1.54, 1.807) is 0 Å². The summed E-state index contributed by atoms with van der Waals surface area (Å²) in [7, 11) is 0. The molecule has 1 fully saturated rings. The first-order valence-corrected chi connectivity index (χ1v) is 7.51. The molecule has 0 aliphatic heterocycles. The van der Waals surface area contributed by atoms with E-state index in [-0.39, 0.29) is 0 Å². The lowest BCUT2D eigenvalue weighted by molar-refractivity contribution is 0.231. The van der Waals surface area contributed by atoms with Crippen LogP contribution < -0.4 is 5.32 Å². The first-order chi connectivity index (χ1) is 8.66. The van der Waals surface area contributed by atoms with Gasteiger partial charge in [0.2, 0.25) is 0 Å². The van der Waals surface area contributed by atoms with Gasteiger partial charge < -0.3 is 5.32 Å². The SMILES string of the molecule is CC(C)C1CCCC(NCc2ccccc2Cl)C1. The summed E-state index contributed by atoms with van der Waals surface area (Å²) in [6.45, 7) is 5.59. The van der Waals surface area contributed by atoms with Gasteiger partial charge in [-0.3, -0.25) is 0 Å². The van der Waals surface area contributed by atoms with Crippen molar-refractivity contribution in [1.29, 1.82) is 0 Å². The van der Waals surface area contributed by atoms with Gasteiger partial charge in [0.05, 0.1) is 0 Å². The van der Waals surface area contributed by atoms with Crippen molar-refractivity contribution in [3.63, 3.8) is 0 Å². The van der Waals surface area contributed by atoms with Crippen molar-refractivity contribution >= 4 is 11.6 Å². The number of nitrogens with one attached hydrogen (secondary N) is 1. The van der Waals surface area contributed by atoms with Crippen molar-refractivity contribution in [2.24, 2.45) is 11.8 Å². The topological polar surface area (TPSA) is 12.0 Å². The van der Waals surface area contributed by atoms with Gasteiger partial charge in [0.1, 0.15) is 0 Å². The van der Waals surface area contributed by atoms with Crippen LogP contribution in [0.5, 0.6) is 0 Å². The summed E-state index contributed by atoms with van der Waals surface area (Å²) in [4.78, 5) is 0. The van der Waals surface area contributed by atoms with Crippen LogP contribution in [0, 0.1) is 11.8 Å². The van der Waals surface area contributed by atoms with Gasteiger partial charge in [-0.15, -0.1) is 0 Å². The average Bonchev–Trinajstić information content (AvgIpc) is 2.38. The van der Waals surface area contributed by atoms with E-state index in [9.17, 15) is 0 Å². The van der Waals surface area contributed by atoms with E-state index in [1.165, 1.54) is 31.2 Å². The van der Waals surface area contributed by atoms with Gasteiger partial charge in [0.15, 0.2) is 0 Å². The van der Waals surface area contributed by atoms with Crippen LogP contribution in [0.2, 0.25) is 5.02 Å². The van der Waals surface area contributed by atoms with Crippen molar-refractivity contribution in [1.82, 2.24) is 5.32 Å². The fourth-order valence-electron chi connectivity index (χ4n) is 2.91. The maximum atomic E-state index is 6.18. The third-order valence-corrected chi connectivity index (χ3v) is 4.57. The van der Waals surface area contributed by atoms with Gasteiger partial charge >= 0.3 is 0 Å². The molecule has 18 heavy (non-hydrogen) atoms.